The Balaban J connectivity index is 1.91. The second-order valence-corrected chi connectivity index (χ2v) is 6.66. The van der Waals surface area contributed by atoms with Crippen LogP contribution in [-0.4, -0.2) is 25.7 Å². The lowest BCUT2D eigenvalue weighted by Crippen LogP contribution is -2.07. The van der Waals surface area contributed by atoms with Crippen LogP contribution in [0.1, 0.15) is 31.2 Å². The second-order valence-electron chi connectivity index (χ2n) is 5.44. The minimum Gasteiger partial charge on any atom is -0.508 e. The fraction of sp³-hybridized carbons (Fsp3) is 0.312. The summed E-state index contributed by atoms with van der Waals surface area (Å²) in [5.74, 6) is 0.338. The summed E-state index contributed by atoms with van der Waals surface area (Å²) >= 11 is 0. The van der Waals surface area contributed by atoms with Crippen molar-refractivity contribution in [2.24, 2.45) is 4.76 Å². The van der Waals surface area contributed by atoms with Gasteiger partial charge in [0, 0.05) is 6.42 Å². The summed E-state index contributed by atoms with van der Waals surface area (Å²) in [6, 6.07) is 7.02. The number of nitrogens with zero attached hydrogens (tertiary/aromatic N) is 1. The number of aliphatic hydroxyl groups is 1. The molecule has 6 nitrogen and oxygen atoms in total. The van der Waals surface area contributed by atoms with Gasteiger partial charge in [-0.3, -0.25) is 0 Å². The molecule has 0 heterocycles. The average molecular weight is 337 g/mol. The maximum absolute atomic E-state index is 11.0. The SMILES string of the molecule is O=P(O)(O)N=C1CC=C(O)C=C1CCCCc1ccc(O)cc1. The quantitative estimate of drug-likeness (QED) is 0.470. The van der Waals surface area contributed by atoms with Gasteiger partial charge >= 0.3 is 7.75 Å². The normalized spacial score (nSPS) is 17.0. The van der Waals surface area contributed by atoms with Crippen LogP contribution in [0.15, 0.2) is 52.5 Å². The Morgan fingerprint density at radius 1 is 1.04 bits per heavy atom. The van der Waals surface area contributed by atoms with Crippen molar-refractivity contribution in [2.45, 2.75) is 32.1 Å². The lowest BCUT2D eigenvalue weighted by molar-refractivity contribution is 0.375. The largest absolute Gasteiger partial charge is 0.508 e. The molecule has 23 heavy (non-hydrogen) atoms. The zero-order chi connectivity index (χ0) is 16.9. The van der Waals surface area contributed by atoms with Crippen LogP contribution in [0, 0.1) is 0 Å². The van der Waals surface area contributed by atoms with Gasteiger partial charge in [0.05, 0.1) is 5.71 Å². The number of aryl methyl sites for hydroxylation is 1. The van der Waals surface area contributed by atoms with Crippen molar-refractivity contribution in [2.75, 3.05) is 0 Å². The number of phenols is 1. The lowest BCUT2D eigenvalue weighted by Gasteiger charge is -2.14. The highest BCUT2D eigenvalue weighted by Crippen LogP contribution is 2.38. The molecule has 0 bridgehead atoms. The van der Waals surface area contributed by atoms with Gasteiger partial charge in [-0.05, 0) is 61.1 Å². The molecular weight excluding hydrogens is 317 g/mol. The van der Waals surface area contributed by atoms with Gasteiger partial charge in [0.15, 0.2) is 0 Å². The first-order chi connectivity index (χ1) is 10.8. The summed E-state index contributed by atoms with van der Waals surface area (Å²) in [5.41, 5.74) is 2.12. The van der Waals surface area contributed by atoms with E-state index in [2.05, 4.69) is 4.76 Å². The lowest BCUT2D eigenvalue weighted by atomic mass is 9.95. The third-order valence-corrected chi connectivity index (χ3v) is 4.05. The molecule has 7 heteroatoms. The van der Waals surface area contributed by atoms with Crippen molar-refractivity contribution in [3.63, 3.8) is 0 Å². The van der Waals surface area contributed by atoms with E-state index < -0.39 is 7.75 Å². The molecule has 0 aliphatic heterocycles. The van der Waals surface area contributed by atoms with Crippen LogP contribution in [0.5, 0.6) is 5.75 Å². The van der Waals surface area contributed by atoms with E-state index in [4.69, 9.17) is 9.79 Å². The second kappa shape index (κ2) is 7.59. The first-order valence-electron chi connectivity index (χ1n) is 7.36. The highest BCUT2D eigenvalue weighted by Gasteiger charge is 2.18. The Labute approximate surface area is 134 Å². The highest BCUT2D eigenvalue weighted by atomic mass is 31.2. The van der Waals surface area contributed by atoms with Crippen molar-refractivity contribution >= 4 is 13.5 Å². The van der Waals surface area contributed by atoms with Gasteiger partial charge < -0.3 is 20.0 Å². The van der Waals surface area contributed by atoms with Gasteiger partial charge in [-0.2, -0.15) is 4.76 Å². The van der Waals surface area contributed by atoms with E-state index in [0.29, 0.717) is 17.7 Å². The first kappa shape index (κ1) is 17.5. The molecule has 0 unspecified atom stereocenters. The Kier molecular flexibility index (Phi) is 5.77. The molecular formula is C16H20NO5P. The summed E-state index contributed by atoms with van der Waals surface area (Å²) < 4.78 is 14.5. The first-order valence-corrected chi connectivity index (χ1v) is 8.92. The number of aliphatic hydroxyl groups excluding tert-OH is 1. The zero-order valence-corrected chi connectivity index (χ0v) is 13.5. The smallest absolute Gasteiger partial charge is 0.448 e. The predicted molar refractivity (Wildman–Crippen MR) is 88.6 cm³/mol. The van der Waals surface area contributed by atoms with Crippen LogP contribution < -0.4 is 0 Å². The molecule has 1 aliphatic rings. The number of allylic oxidation sites excluding steroid dienone is 3. The third-order valence-electron chi connectivity index (χ3n) is 3.55. The number of hydrogen-bond donors (Lipinski definition) is 4. The van der Waals surface area contributed by atoms with E-state index in [1.807, 2.05) is 12.1 Å². The maximum Gasteiger partial charge on any atom is 0.448 e. The Morgan fingerprint density at radius 2 is 1.70 bits per heavy atom. The number of benzene rings is 1. The fourth-order valence-electron chi connectivity index (χ4n) is 2.44. The summed E-state index contributed by atoms with van der Waals surface area (Å²) in [7, 11) is -4.47. The van der Waals surface area contributed by atoms with Gasteiger partial charge in [0.1, 0.15) is 11.5 Å². The average Bonchev–Trinajstić information content (AvgIpc) is 2.47. The molecule has 1 aromatic rings. The summed E-state index contributed by atoms with van der Waals surface area (Å²) in [6.07, 6.45) is 6.35. The zero-order valence-electron chi connectivity index (χ0n) is 12.6. The molecule has 2 rings (SSSR count). The summed E-state index contributed by atoms with van der Waals surface area (Å²) in [4.78, 5) is 18.0. The number of rotatable bonds is 6. The van der Waals surface area contributed by atoms with Gasteiger partial charge in [-0.15, -0.1) is 0 Å². The Morgan fingerprint density at radius 3 is 2.35 bits per heavy atom. The van der Waals surface area contributed by atoms with Gasteiger partial charge in [-0.25, -0.2) is 4.57 Å². The molecule has 1 aromatic carbocycles. The monoisotopic (exact) mass is 337 g/mol. The highest BCUT2D eigenvalue weighted by molar-refractivity contribution is 7.50. The minimum atomic E-state index is -4.47. The molecule has 124 valence electrons. The number of phenolic OH excluding ortho intramolecular Hbond substituents is 1. The molecule has 0 radical (unpaired) electrons. The molecule has 1 aliphatic carbocycles. The van der Waals surface area contributed by atoms with E-state index in [-0.39, 0.29) is 17.9 Å². The number of aromatic hydroxyl groups is 1. The van der Waals surface area contributed by atoms with Crippen LogP contribution in [-0.2, 0) is 11.0 Å². The molecule has 0 atom stereocenters. The molecule has 0 fully saturated rings. The van der Waals surface area contributed by atoms with Crippen LogP contribution in [0.25, 0.3) is 0 Å². The van der Waals surface area contributed by atoms with E-state index in [1.54, 1.807) is 12.1 Å². The topological polar surface area (TPSA) is 110 Å². The van der Waals surface area contributed by atoms with Crippen molar-refractivity contribution in [3.8, 4) is 5.75 Å². The molecule has 0 saturated carbocycles. The molecule has 0 amide bonds. The molecule has 0 saturated heterocycles. The van der Waals surface area contributed by atoms with Crippen LogP contribution in [0.2, 0.25) is 0 Å². The standard InChI is InChI=1S/C16H20NO5P/c18-14-7-5-12(6-8-14)3-1-2-4-13-11-15(19)9-10-16(13)17-23(20,21)22/h5-9,11,18-19H,1-4,10H2,(H2,20,21,22). The van der Waals surface area contributed by atoms with Crippen LogP contribution >= 0.6 is 7.75 Å². The van der Waals surface area contributed by atoms with Crippen molar-refractivity contribution in [1.82, 2.24) is 0 Å². The molecule has 0 aromatic heterocycles. The van der Waals surface area contributed by atoms with Crippen LogP contribution in [0.3, 0.4) is 0 Å². The Bertz CT molecular complexity index is 685. The summed E-state index contributed by atoms with van der Waals surface area (Å²) in [6.45, 7) is 0. The van der Waals surface area contributed by atoms with E-state index >= 15 is 0 Å². The molecule has 0 spiro atoms. The van der Waals surface area contributed by atoms with Crippen molar-refractivity contribution in [3.05, 3.63) is 53.3 Å². The van der Waals surface area contributed by atoms with Crippen molar-refractivity contribution in [1.29, 1.82) is 0 Å². The fourth-order valence-corrected chi connectivity index (χ4v) is 2.96. The minimum absolute atomic E-state index is 0.100. The van der Waals surface area contributed by atoms with E-state index in [9.17, 15) is 14.8 Å². The van der Waals surface area contributed by atoms with E-state index in [1.165, 1.54) is 12.2 Å². The van der Waals surface area contributed by atoms with Gasteiger partial charge in [-0.1, -0.05) is 12.1 Å². The maximum atomic E-state index is 11.0. The van der Waals surface area contributed by atoms with Gasteiger partial charge in [0.2, 0.25) is 0 Å². The van der Waals surface area contributed by atoms with Gasteiger partial charge in [0.25, 0.3) is 0 Å². The van der Waals surface area contributed by atoms with Crippen LogP contribution in [0.4, 0.5) is 0 Å². The third kappa shape index (κ3) is 6.02. The predicted octanol–water partition coefficient (Wildman–Crippen LogP) is 3.41. The Hall–Kier alpha value is -1.88. The molecule has 4 N–H and O–H groups in total. The number of hydrogen-bond acceptors (Lipinski definition) is 3. The summed E-state index contributed by atoms with van der Waals surface area (Å²) in [5, 5.41) is 18.8. The van der Waals surface area contributed by atoms with Crippen molar-refractivity contribution < 1.29 is 24.6 Å². The van der Waals surface area contributed by atoms with E-state index in [0.717, 1.165) is 24.8 Å². The number of unbranched alkanes of at least 4 members (excludes halogenated alkanes) is 1.